The van der Waals surface area contributed by atoms with Gasteiger partial charge < -0.3 is 9.88 Å². The number of halogens is 2. The van der Waals surface area contributed by atoms with Crippen LogP contribution in [0.5, 0.6) is 0 Å². The highest BCUT2D eigenvalue weighted by Crippen LogP contribution is 2.32. The van der Waals surface area contributed by atoms with Crippen LogP contribution >= 0.6 is 43.2 Å². The van der Waals surface area contributed by atoms with Gasteiger partial charge in [-0.3, -0.25) is 4.79 Å². The minimum Gasteiger partial charge on any atom is -0.342 e. The summed E-state index contributed by atoms with van der Waals surface area (Å²) in [5.74, 6) is 0.597. The van der Waals surface area contributed by atoms with Gasteiger partial charge >= 0.3 is 0 Å². The van der Waals surface area contributed by atoms with Crippen molar-refractivity contribution in [2.24, 2.45) is 7.05 Å². The minimum atomic E-state index is -0.190. The largest absolute Gasteiger partial charge is 0.342 e. The molecule has 8 heteroatoms. The Morgan fingerprint density at radius 2 is 2.28 bits per heavy atom. The van der Waals surface area contributed by atoms with Gasteiger partial charge in [-0.2, -0.15) is 0 Å². The number of nitrogens with zero attached hydrogens (tertiary/aromatic N) is 3. The van der Waals surface area contributed by atoms with E-state index in [1.165, 1.54) is 11.3 Å². The fourth-order valence-electron chi connectivity index (χ4n) is 1.47. The number of rotatable bonds is 3. The summed E-state index contributed by atoms with van der Waals surface area (Å²) in [4.78, 5) is 12.7. The number of carbonyl (C=O) groups excluding carboxylic acids is 1. The zero-order valence-corrected chi connectivity index (χ0v) is 13.6. The molecule has 2 aromatic rings. The number of nitrogens with one attached hydrogen (secondary N) is 1. The van der Waals surface area contributed by atoms with Gasteiger partial charge in [0.1, 0.15) is 6.33 Å². The number of aromatic nitrogens is 3. The number of thiophene rings is 1. The standard InChI is InChI=1S/C10H10Br2N4OS/c1-5(9-15-13-4-16(9)2)14-10(17)7-3-6(11)8(12)18-7/h3-5H,1-2H3,(H,14,17). The van der Waals surface area contributed by atoms with Crippen LogP contribution in [0.1, 0.15) is 28.5 Å². The summed E-state index contributed by atoms with van der Waals surface area (Å²) in [7, 11) is 1.84. The average molecular weight is 394 g/mol. The topological polar surface area (TPSA) is 59.8 Å². The highest BCUT2D eigenvalue weighted by molar-refractivity contribution is 9.13. The van der Waals surface area contributed by atoms with Crippen molar-refractivity contribution >= 4 is 49.1 Å². The van der Waals surface area contributed by atoms with Crippen LogP contribution in [0.15, 0.2) is 20.7 Å². The van der Waals surface area contributed by atoms with E-state index in [0.717, 1.165) is 14.1 Å². The van der Waals surface area contributed by atoms with Gasteiger partial charge in [-0.15, -0.1) is 21.5 Å². The van der Waals surface area contributed by atoms with E-state index in [2.05, 4.69) is 47.4 Å². The summed E-state index contributed by atoms with van der Waals surface area (Å²) in [6.45, 7) is 1.87. The molecule has 1 N–H and O–H groups in total. The monoisotopic (exact) mass is 392 g/mol. The molecule has 0 saturated carbocycles. The van der Waals surface area contributed by atoms with E-state index < -0.39 is 0 Å². The summed E-state index contributed by atoms with van der Waals surface area (Å²) in [6.07, 6.45) is 1.61. The molecule has 0 aromatic carbocycles. The summed E-state index contributed by atoms with van der Waals surface area (Å²) in [5, 5.41) is 10.6. The molecule has 0 saturated heterocycles. The Hall–Kier alpha value is -0.730. The molecule has 0 radical (unpaired) electrons. The molecule has 2 aromatic heterocycles. The van der Waals surface area contributed by atoms with Crippen molar-refractivity contribution in [3.05, 3.63) is 31.4 Å². The van der Waals surface area contributed by atoms with Crippen LogP contribution in [-0.2, 0) is 7.05 Å². The second-order valence-corrected chi connectivity index (χ2v) is 6.95. The minimum absolute atomic E-state index is 0.123. The van der Waals surface area contributed by atoms with E-state index in [-0.39, 0.29) is 11.9 Å². The normalized spacial score (nSPS) is 12.4. The predicted octanol–water partition coefficient (Wildman–Crippen LogP) is 2.89. The molecule has 5 nitrogen and oxygen atoms in total. The molecule has 0 bridgehead atoms. The van der Waals surface area contributed by atoms with Gasteiger partial charge in [0.05, 0.1) is 14.7 Å². The molecule has 2 heterocycles. The van der Waals surface area contributed by atoms with Crippen LogP contribution in [0, 0.1) is 0 Å². The maximum atomic E-state index is 12.0. The average Bonchev–Trinajstić information content (AvgIpc) is 2.86. The second kappa shape index (κ2) is 5.50. The molecule has 1 unspecified atom stereocenters. The third-order valence-electron chi connectivity index (χ3n) is 2.35. The lowest BCUT2D eigenvalue weighted by molar-refractivity contribution is 0.0942. The molecule has 0 aliphatic carbocycles. The number of aryl methyl sites for hydroxylation is 1. The predicted molar refractivity (Wildman–Crippen MR) is 76.6 cm³/mol. The van der Waals surface area contributed by atoms with Crippen molar-refractivity contribution in [2.45, 2.75) is 13.0 Å². The number of amides is 1. The molecule has 1 atom stereocenters. The van der Waals surface area contributed by atoms with Crippen LogP contribution in [0.4, 0.5) is 0 Å². The lowest BCUT2D eigenvalue weighted by Gasteiger charge is -2.11. The lowest BCUT2D eigenvalue weighted by atomic mass is 10.3. The first-order valence-electron chi connectivity index (χ1n) is 5.08. The van der Waals surface area contributed by atoms with E-state index in [1.54, 1.807) is 17.0 Å². The number of hydrogen-bond acceptors (Lipinski definition) is 4. The molecular formula is C10H10Br2N4OS. The third kappa shape index (κ3) is 2.81. The Morgan fingerprint density at radius 1 is 1.56 bits per heavy atom. The fraction of sp³-hybridized carbons (Fsp3) is 0.300. The lowest BCUT2D eigenvalue weighted by Crippen LogP contribution is -2.27. The Morgan fingerprint density at radius 3 is 2.78 bits per heavy atom. The smallest absolute Gasteiger partial charge is 0.262 e. The first-order chi connectivity index (χ1) is 8.49. The van der Waals surface area contributed by atoms with Gasteiger partial charge in [0, 0.05) is 11.5 Å². The molecular weight excluding hydrogens is 384 g/mol. The first-order valence-corrected chi connectivity index (χ1v) is 7.49. The van der Waals surface area contributed by atoms with Crippen molar-refractivity contribution in [2.75, 3.05) is 0 Å². The number of hydrogen-bond donors (Lipinski definition) is 1. The van der Waals surface area contributed by atoms with Gasteiger partial charge in [-0.1, -0.05) is 0 Å². The Bertz CT molecular complexity index is 561. The summed E-state index contributed by atoms with van der Waals surface area (Å²) >= 11 is 8.10. The van der Waals surface area contributed by atoms with Crippen molar-refractivity contribution in [1.82, 2.24) is 20.1 Å². The summed E-state index contributed by atoms with van der Waals surface area (Å²) in [6, 6.07) is 1.60. The molecule has 1 amide bonds. The Kier molecular flexibility index (Phi) is 4.18. The Labute approximate surface area is 125 Å². The zero-order chi connectivity index (χ0) is 13.3. The van der Waals surface area contributed by atoms with E-state index >= 15 is 0 Å². The highest BCUT2D eigenvalue weighted by Gasteiger charge is 2.17. The quantitative estimate of drug-likeness (QED) is 0.871. The van der Waals surface area contributed by atoms with Gasteiger partial charge in [0.25, 0.3) is 5.91 Å². The Balaban J connectivity index is 2.10. The molecule has 0 aliphatic heterocycles. The van der Waals surface area contributed by atoms with E-state index in [9.17, 15) is 4.79 Å². The van der Waals surface area contributed by atoms with E-state index in [0.29, 0.717) is 4.88 Å². The van der Waals surface area contributed by atoms with Crippen LogP contribution < -0.4 is 5.32 Å². The molecule has 18 heavy (non-hydrogen) atoms. The van der Waals surface area contributed by atoms with Crippen LogP contribution in [0.2, 0.25) is 0 Å². The fourth-order valence-corrected chi connectivity index (χ4v) is 3.41. The SMILES string of the molecule is CC(NC(=O)c1cc(Br)c(Br)s1)c1nncn1C. The van der Waals surface area contributed by atoms with E-state index in [1.807, 2.05) is 14.0 Å². The van der Waals surface area contributed by atoms with Gasteiger partial charge in [0.15, 0.2) is 5.82 Å². The van der Waals surface area contributed by atoms with Crippen molar-refractivity contribution in [1.29, 1.82) is 0 Å². The maximum Gasteiger partial charge on any atom is 0.262 e. The van der Waals surface area contributed by atoms with Crippen LogP contribution in [-0.4, -0.2) is 20.7 Å². The van der Waals surface area contributed by atoms with Crippen molar-refractivity contribution in [3.63, 3.8) is 0 Å². The first kappa shape index (κ1) is 13.7. The van der Waals surface area contributed by atoms with Gasteiger partial charge in [-0.25, -0.2) is 0 Å². The summed E-state index contributed by atoms with van der Waals surface area (Å²) < 4.78 is 3.56. The van der Waals surface area contributed by atoms with Gasteiger partial charge in [-0.05, 0) is 44.8 Å². The number of carbonyl (C=O) groups is 1. The third-order valence-corrected chi connectivity index (χ3v) is 5.61. The van der Waals surface area contributed by atoms with E-state index in [4.69, 9.17) is 0 Å². The van der Waals surface area contributed by atoms with Crippen LogP contribution in [0.3, 0.4) is 0 Å². The molecule has 2 rings (SSSR count). The van der Waals surface area contributed by atoms with Crippen molar-refractivity contribution in [3.8, 4) is 0 Å². The van der Waals surface area contributed by atoms with Gasteiger partial charge in [0.2, 0.25) is 0 Å². The molecule has 0 spiro atoms. The molecule has 0 fully saturated rings. The molecule has 96 valence electrons. The van der Waals surface area contributed by atoms with Crippen LogP contribution in [0.25, 0.3) is 0 Å². The highest BCUT2D eigenvalue weighted by atomic mass is 79.9. The molecule has 0 aliphatic rings. The summed E-state index contributed by atoms with van der Waals surface area (Å²) in [5.41, 5.74) is 0. The maximum absolute atomic E-state index is 12.0. The van der Waals surface area contributed by atoms with Crippen molar-refractivity contribution < 1.29 is 4.79 Å². The second-order valence-electron chi connectivity index (χ2n) is 3.73. The zero-order valence-electron chi connectivity index (χ0n) is 9.65.